The summed E-state index contributed by atoms with van der Waals surface area (Å²) in [5, 5.41) is 0.929. The van der Waals surface area contributed by atoms with E-state index >= 15 is 0 Å². The topological polar surface area (TPSA) is 18.5 Å². The van der Waals surface area contributed by atoms with Crippen molar-refractivity contribution in [1.29, 1.82) is 0 Å². The molecule has 0 radical (unpaired) electrons. The van der Waals surface area contributed by atoms with E-state index in [9.17, 15) is 0 Å². The first kappa shape index (κ1) is 14.3. The van der Waals surface area contributed by atoms with Crippen LogP contribution in [0.15, 0.2) is 30.3 Å². The fraction of sp³-hybridized carbons (Fsp3) is 0.429. The van der Waals surface area contributed by atoms with Gasteiger partial charge in [-0.1, -0.05) is 47.1 Å². The maximum Gasteiger partial charge on any atom is 0.118 e. The highest BCUT2D eigenvalue weighted by Crippen LogP contribution is 2.15. The number of rotatable bonds is 6. The van der Waals surface area contributed by atoms with Gasteiger partial charge in [-0.05, 0) is 23.6 Å². The highest BCUT2D eigenvalue weighted by atomic mass is 79.9. The quantitative estimate of drug-likeness (QED) is 0.745. The Hall–Kier alpha value is -0.800. The molecule has 0 aromatic heterocycles. The van der Waals surface area contributed by atoms with Crippen molar-refractivity contribution >= 4 is 22.0 Å². The van der Waals surface area contributed by atoms with Crippen molar-refractivity contribution in [2.24, 2.45) is 5.92 Å². The van der Waals surface area contributed by atoms with Crippen LogP contribution in [0.5, 0.6) is 5.75 Å². The Bertz CT molecular complexity index is 346. The lowest BCUT2D eigenvalue weighted by molar-refractivity contribution is 0.106. The van der Waals surface area contributed by atoms with E-state index in [1.54, 1.807) is 14.2 Å². The third-order valence-corrected chi connectivity index (χ3v) is 3.69. The number of halogens is 1. The molecular weight excluding hydrogens is 280 g/mol. The molecular formula is C14H19BrO2. The monoisotopic (exact) mass is 298 g/mol. The Kier molecular flexibility index (Phi) is 6.30. The van der Waals surface area contributed by atoms with Gasteiger partial charge >= 0.3 is 0 Å². The van der Waals surface area contributed by atoms with Crippen LogP contribution in [-0.2, 0) is 4.74 Å². The molecule has 1 rings (SSSR count). The van der Waals surface area contributed by atoms with Crippen molar-refractivity contribution in [3.63, 3.8) is 0 Å². The van der Waals surface area contributed by atoms with E-state index in [1.807, 2.05) is 24.3 Å². The van der Waals surface area contributed by atoms with Gasteiger partial charge in [0.15, 0.2) is 0 Å². The molecule has 0 spiro atoms. The second-order valence-corrected chi connectivity index (χ2v) is 4.61. The largest absolute Gasteiger partial charge is 0.497 e. The molecule has 0 N–H and O–H groups in total. The second kappa shape index (κ2) is 7.51. The van der Waals surface area contributed by atoms with Crippen LogP contribution in [0.1, 0.15) is 12.5 Å². The molecule has 1 aromatic carbocycles. The number of methoxy groups -OCH3 is 2. The van der Waals surface area contributed by atoms with E-state index < -0.39 is 0 Å². The molecule has 0 amide bonds. The zero-order chi connectivity index (χ0) is 12.7. The number of hydrogen-bond donors (Lipinski definition) is 0. The van der Waals surface area contributed by atoms with Crippen LogP contribution < -0.4 is 4.74 Å². The Morgan fingerprint density at radius 2 is 1.88 bits per heavy atom. The Morgan fingerprint density at radius 3 is 2.35 bits per heavy atom. The predicted molar refractivity (Wildman–Crippen MR) is 75.8 cm³/mol. The van der Waals surface area contributed by atoms with E-state index in [0.29, 0.717) is 5.92 Å². The maximum atomic E-state index is 5.43. The average molecular weight is 299 g/mol. The molecule has 0 saturated carbocycles. The summed E-state index contributed by atoms with van der Waals surface area (Å²) in [5.41, 5.74) is 1.15. The molecule has 0 aliphatic heterocycles. The third-order valence-electron chi connectivity index (χ3n) is 2.67. The van der Waals surface area contributed by atoms with Crippen molar-refractivity contribution < 1.29 is 9.47 Å². The molecule has 2 atom stereocenters. The summed E-state index contributed by atoms with van der Waals surface area (Å²) >= 11 is 3.47. The van der Waals surface area contributed by atoms with Crippen LogP contribution in [-0.4, -0.2) is 25.7 Å². The predicted octanol–water partition coefficient (Wildman–Crippen LogP) is 3.75. The van der Waals surface area contributed by atoms with Crippen molar-refractivity contribution in [3.8, 4) is 5.75 Å². The van der Waals surface area contributed by atoms with Gasteiger partial charge < -0.3 is 9.47 Å². The van der Waals surface area contributed by atoms with Gasteiger partial charge in [0.05, 0.1) is 13.2 Å². The molecule has 0 bridgehead atoms. The lowest BCUT2D eigenvalue weighted by atomic mass is 10.1. The molecule has 17 heavy (non-hydrogen) atoms. The molecule has 2 nitrogen and oxygen atoms in total. The molecule has 0 aliphatic carbocycles. The molecule has 0 unspecified atom stereocenters. The highest BCUT2D eigenvalue weighted by Gasteiger charge is 2.11. The van der Waals surface area contributed by atoms with E-state index in [4.69, 9.17) is 9.47 Å². The SMILES string of the molecule is COc1ccc(/C=C/[C@@H](OC)[C@H](C)CBr)cc1. The number of benzene rings is 1. The summed E-state index contributed by atoms with van der Waals surface area (Å²) in [6.07, 6.45) is 4.30. The van der Waals surface area contributed by atoms with Gasteiger partial charge in [0.1, 0.15) is 5.75 Å². The number of ether oxygens (including phenoxy) is 2. The van der Waals surface area contributed by atoms with E-state index in [0.717, 1.165) is 16.6 Å². The zero-order valence-electron chi connectivity index (χ0n) is 10.5. The fourth-order valence-corrected chi connectivity index (χ4v) is 1.88. The summed E-state index contributed by atoms with van der Waals surface area (Å²) in [4.78, 5) is 0. The van der Waals surface area contributed by atoms with E-state index in [2.05, 4.69) is 35.0 Å². The highest BCUT2D eigenvalue weighted by molar-refractivity contribution is 9.09. The second-order valence-electron chi connectivity index (χ2n) is 3.96. The third kappa shape index (κ3) is 4.52. The average Bonchev–Trinajstić information content (AvgIpc) is 2.39. The van der Waals surface area contributed by atoms with Crippen LogP contribution in [0.2, 0.25) is 0 Å². The summed E-state index contributed by atoms with van der Waals surface area (Å²) in [6, 6.07) is 7.96. The van der Waals surface area contributed by atoms with Crippen molar-refractivity contribution in [2.75, 3.05) is 19.5 Å². The minimum atomic E-state index is 0.136. The Labute approximate surface area is 112 Å². The van der Waals surface area contributed by atoms with E-state index in [1.165, 1.54) is 0 Å². The first-order chi connectivity index (χ1) is 8.21. The summed E-state index contributed by atoms with van der Waals surface area (Å²) in [5.74, 6) is 1.33. The van der Waals surface area contributed by atoms with Gasteiger partial charge in [0.2, 0.25) is 0 Å². The Morgan fingerprint density at radius 1 is 1.24 bits per heavy atom. The van der Waals surface area contributed by atoms with Crippen LogP contribution in [0, 0.1) is 5.92 Å². The van der Waals surface area contributed by atoms with Gasteiger partial charge in [-0.15, -0.1) is 0 Å². The smallest absolute Gasteiger partial charge is 0.118 e. The lowest BCUT2D eigenvalue weighted by Crippen LogP contribution is -2.18. The van der Waals surface area contributed by atoms with Gasteiger partial charge in [-0.3, -0.25) is 0 Å². The minimum Gasteiger partial charge on any atom is -0.497 e. The van der Waals surface area contributed by atoms with Crippen molar-refractivity contribution in [2.45, 2.75) is 13.0 Å². The van der Waals surface area contributed by atoms with Crippen molar-refractivity contribution in [3.05, 3.63) is 35.9 Å². The summed E-state index contributed by atoms with van der Waals surface area (Å²) in [7, 11) is 3.41. The number of hydrogen-bond acceptors (Lipinski definition) is 2. The first-order valence-corrected chi connectivity index (χ1v) is 6.74. The molecule has 0 aliphatic rings. The molecule has 94 valence electrons. The van der Waals surface area contributed by atoms with Gasteiger partial charge in [-0.2, -0.15) is 0 Å². The molecule has 0 fully saturated rings. The molecule has 0 heterocycles. The standard InChI is InChI=1S/C14H19BrO2/c1-11(10-15)14(17-3)9-6-12-4-7-13(16-2)8-5-12/h4-9,11,14H,10H2,1-3H3/b9-6+/t11-,14-/m1/s1. The fourth-order valence-electron chi connectivity index (χ4n) is 1.51. The van der Waals surface area contributed by atoms with E-state index in [-0.39, 0.29) is 6.10 Å². The molecule has 3 heteroatoms. The van der Waals surface area contributed by atoms with Crippen LogP contribution in [0.3, 0.4) is 0 Å². The van der Waals surface area contributed by atoms with Crippen LogP contribution >= 0.6 is 15.9 Å². The first-order valence-electron chi connectivity index (χ1n) is 5.62. The van der Waals surface area contributed by atoms with Gasteiger partial charge in [0, 0.05) is 12.4 Å². The van der Waals surface area contributed by atoms with Crippen LogP contribution in [0.25, 0.3) is 6.08 Å². The number of alkyl halides is 1. The minimum absolute atomic E-state index is 0.136. The Balaban J connectivity index is 2.67. The normalized spacial score (nSPS) is 14.8. The van der Waals surface area contributed by atoms with Crippen molar-refractivity contribution in [1.82, 2.24) is 0 Å². The maximum absolute atomic E-state index is 5.43. The van der Waals surface area contributed by atoms with Crippen LogP contribution in [0.4, 0.5) is 0 Å². The van der Waals surface area contributed by atoms with Gasteiger partial charge in [-0.25, -0.2) is 0 Å². The lowest BCUT2D eigenvalue weighted by Gasteiger charge is -2.16. The van der Waals surface area contributed by atoms with Gasteiger partial charge in [0.25, 0.3) is 0 Å². The molecule has 0 saturated heterocycles. The summed E-state index contributed by atoms with van der Waals surface area (Å²) in [6.45, 7) is 2.15. The summed E-state index contributed by atoms with van der Waals surface area (Å²) < 4.78 is 10.5. The molecule has 1 aromatic rings. The zero-order valence-corrected chi connectivity index (χ0v) is 12.1.